The van der Waals surface area contributed by atoms with Gasteiger partial charge in [-0.2, -0.15) is 5.01 Å². The number of amidine groups is 1. The van der Waals surface area contributed by atoms with E-state index < -0.39 is 10.8 Å². The maximum absolute atomic E-state index is 13.9. The zero-order chi connectivity index (χ0) is 22.9. The zero-order valence-electron chi connectivity index (χ0n) is 17.7. The van der Waals surface area contributed by atoms with Crippen LogP contribution in [-0.4, -0.2) is 34.5 Å². The molecule has 32 heavy (non-hydrogen) atoms. The number of carbonyl (C=O) groups excluding carboxylic acids is 3. The maximum atomic E-state index is 13.9. The second-order valence-electron chi connectivity index (χ2n) is 7.28. The van der Waals surface area contributed by atoms with Gasteiger partial charge in [-0.05, 0) is 23.9 Å². The summed E-state index contributed by atoms with van der Waals surface area (Å²) in [5.74, 6) is -0.406. The van der Waals surface area contributed by atoms with Crippen LogP contribution in [0.5, 0.6) is 5.75 Å². The fourth-order valence-electron chi connectivity index (χ4n) is 3.82. The van der Waals surface area contributed by atoms with Gasteiger partial charge in [0, 0.05) is 25.0 Å². The lowest BCUT2D eigenvalue weighted by atomic mass is 10.1. The zero-order valence-corrected chi connectivity index (χ0v) is 18.5. The van der Waals surface area contributed by atoms with Crippen LogP contribution in [0.15, 0.2) is 66.3 Å². The van der Waals surface area contributed by atoms with E-state index in [9.17, 15) is 14.4 Å². The number of para-hydroxylation sites is 2. The van der Waals surface area contributed by atoms with Gasteiger partial charge >= 0.3 is 0 Å². The molecule has 0 bridgehead atoms. The molecule has 2 heterocycles. The molecule has 1 N–H and O–H groups in total. The Morgan fingerprint density at radius 2 is 1.91 bits per heavy atom. The van der Waals surface area contributed by atoms with E-state index in [1.807, 2.05) is 48.5 Å². The number of hydrogen-bond donors (Lipinski definition) is 1. The van der Waals surface area contributed by atoms with Crippen molar-refractivity contribution in [3.8, 4) is 5.75 Å². The minimum absolute atomic E-state index is 0.201. The largest absolute Gasteiger partial charge is 0.489 e. The number of benzene rings is 2. The third-order valence-corrected chi connectivity index (χ3v) is 6.31. The number of anilines is 1. The number of rotatable bonds is 5. The van der Waals surface area contributed by atoms with Crippen LogP contribution in [0.1, 0.15) is 25.0 Å². The predicted molar refractivity (Wildman–Crippen MR) is 123 cm³/mol. The summed E-state index contributed by atoms with van der Waals surface area (Å²) in [5.41, 5.74) is 2.13. The quantitative estimate of drug-likeness (QED) is 0.708. The molecule has 1 spiro atoms. The summed E-state index contributed by atoms with van der Waals surface area (Å²) in [4.78, 5) is 38.3. The van der Waals surface area contributed by atoms with Crippen molar-refractivity contribution in [1.82, 2.24) is 10.3 Å². The number of thioether (sulfide) groups is 1. The Hall–Kier alpha value is -3.59. The Balaban J connectivity index is 1.76. The predicted octanol–water partition coefficient (Wildman–Crippen LogP) is 2.95. The normalized spacial score (nSPS) is 19.1. The first-order valence-corrected chi connectivity index (χ1v) is 10.8. The Kier molecular flexibility index (Phi) is 5.75. The second kappa shape index (κ2) is 8.51. The second-order valence-corrected chi connectivity index (χ2v) is 8.46. The summed E-state index contributed by atoms with van der Waals surface area (Å²) in [6, 6.07) is 14.8. The van der Waals surface area contributed by atoms with E-state index in [1.54, 1.807) is 11.0 Å². The maximum Gasteiger partial charge on any atom is 0.271 e. The molecule has 0 aliphatic carbocycles. The van der Waals surface area contributed by atoms with Gasteiger partial charge in [0.25, 0.3) is 5.91 Å². The lowest BCUT2D eigenvalue weighted by Gasteiger charge is -2.29. The van der Waals surface area contributed by atoms with Crippen molar-refractivity contribution in [2.24, 2.45) is 5.10 Å². The molecule has 4 rings (SSSR count). The van der Waals surface area contributed by atoms with Crippen LogP contribution in [0, 0.1) is 0 Å². The van der Waals surface area contributed by atoms with E-state index in [4.69, 9.17) is 4.74 Å². The number of amides is 3. The summed E-state index contributed by atoms with van der Waals surface area (Å²) >= 11 is 1.06. The molecule has 0 radical (unpaired) electrons. The highest BCUT2D eigenvalue weighted by molar-refractivity contribution is 8.15. The van der Waals surface area contributed by atoms with Crippen molar-refractivity contribution in [2.75, 3.05) is 11.5 Å². The molecule has 9 heteroatoms. The summed E-state index contributed by atoms with van der Waals surface area (Å²) in [6.07, 6.45) is 1.66. The van der Waals surface area contributed by atoms with E-state index >= 15 is 0 Å². The molecule has 2 aliphatic rings. The Morgan fingerprint density at radius 1 is 1.19 bits per heavy atom. The molecule has 164 valence electrons. The van der Waals surface area contributed by atoms with Crippen LogP contribution < -0.4 is 15.0 Å². The van der Waals surface area contributed by atoms with Gasteiger partial charge in [0.05, 0.1) is 12.2 Å². The highest BCUT2D eigenvalue weighted by Crippen LogP contribution is 2.54. The molecule has 3 amide bonds. The number of ether oxygens (including phenoxy) is 1. The molecule has 0 fully saturated rings. The molecule has 2 aromatic carbocycles. The smallest absolute Gasteiger partial charge is 0.271 e. The Morgan fingerprint density at radius 3 is 2.62 bits per heavy atom. The van der Waals surface area contributed by atoms with E-state index in [-0.39, 0.29) is 23.5 Å². The lowest BCUT2D eigenvalue weighted by molar-refractivity contribution is -0.139. The van der Waals surface area contributed by atoms with Gasteiger partial charge in [0.1, 0.15) is 12.4 Å². The van der Waals surface area contributed by atoms with E-state index in [0.717, 1.165) is 22.3 Å². The average molecular weight is 451 g/mol. The fraction of sp³-hybridized carbons (Fsp3) is 0.217. The molecule has 1 atom stereocenters. The summed E-state index contributed by atoms with van der Waals surface area (Å²) in [5, 5.41) is 8.22. The van der Waals surface area contributed by atoms with Gasteiger partial charge < -0.3 is 15.0 Å². The van der Waals surface area contributed by atoms with Crippen molar-refractivity contribution in [3.63, 3.8) is 0 Å². The van der Waals surface area contributed by atoms with Gasteiger partial charge in [0.15, 0.2) is 5.17 Å². The van der Waals surface area contributed by atoms with Crippen molar-refractivity contribution in [2.45, 2.75) is 25.3 Å². The molecule has 2 aliphatic heterocycles. The van der Waals surface area contributed by atoms with Crippen LogP contribution in [0.4, 0.5) is 5.69 Å². The molecular weight excluding hydrogens is 428 g/mol. The average Bonchev–Trinajstić information content (AvgIpc) is 3.25. The third kappa shape index (κ3) is 3.54. The van der Waals surface area contributed by atoms with Gasteiger partial charge in [-0.25, -0.2) is 0 Å². The highest BCUT2D eigenvalue weighted by atomic mass is 32.2. The Bertz CT molecular complexity index is 1150. The molecule has 0 saturated heterocycles. The standard InChI is InChI=1S/C23H22N4O4S/c1-4-13-31-20-12-8-5-9-17(20)14-26-19-11-7-6-10-18(19)23(21(26)30)27(16(3)29)25-22(32-23)24-15(2)28/h4-12H,1,13-14H2,2-3H3,(H,24,25,28). The lowest BCUT2D eigenvalue weighted by Crippen LogP contribution is -2.48. The van der Waals surface area contributed by atoms with Crippen LogP contribution in [0.3, 0.4) is 0 Å². The minimum atomic E-state index is -1.42. The first-order valence-electron chi connectivity index (χ1n) is 9.97. The van der Waals surface area contributed by atoms with Gasteiger partial charge in [-0.3, -0.25) is 14.4 Å². The number of carbonyl (C=O) groups is 3. The van der Waals surface area contributed by atoms with Crippen molar-refractivity contribution >= 4 is 40.3 Å². The van der Waals surface area contributed by atoms with E-state index in [0.29, 0.717) is 23.6 Å². The summed E-state index contributed by atoms with van der Waals surface area (Å²) in [6.45, 7) is 6.96. The molecule has 0 saturated carbocycles. The first kappa shape index (κ1) is 21.6. The van der Waals surface area contributed by atoms with Crippen LogP contribution >= 0.6 is 11.8 Å². The minimum Gasteiger partial charge on any atom is -0.489 e. The molecule has 1 unspecified atom stereocenters. The van der Waals surface area contributed by atoms with Crippen molar-refractivity contribution in [3.05, 3.63) is 72.3 Å². The van der Waals surface area contributed by atoms with Crippen molar-refractivity contribution in [1.29, 1.82) is 0 Å². The SMILES string of the molecule is C=CCOc1ccccc1CN1C(=O)C2(SC(NC(C)=O)=NN2C(C)=O)c2ccccc21. The van der Waals surface area contributed by atoms with E-state index in [2.05, 4.69) is 17.0 Å². The molecule has 0 aromatic heterocycles. The molecule has 2 aromatic rings. The van der Waals surface area contributed by atoms with Crippen LogP contribution in [0.25, 0.3) is 0 Å². The number of fused-ring (bicyclic) bond motifs is 2. The molecule has 8 nitrogen and oxygen atoms in total. The summed E-state index contributed by atoms with van der Waals surface area (Å²) < 4.78 is 5.76. The van der Waals surface area contributed by atoms with E-state index in [1.165, 1.54) is 13.8 Å². The monoisotopic (exact) mass is 450 g/mol. The highest BCUT2D eigenvalue weighted by Gasteiger charge is 2.61. The number of hydrazone groups is 1. The number of hydrogen-bond acceptors (Lipinski definition) is 6. The van der Waals surface area contributed by atoms with Crippen LogP contribution in [-0.2, 0) is 25.8 Å². The van der Waals surface area contributed by atoms with Crippen LogP contribution in [0.2, 0.25) is 0 Å². The van der Waals surface area contributed by atoms with Gasteiger partial charge in [-0.1, -0.05) is 49.1 Å². The third-order valence-electron chi connectivity index (χ3n) is 5.07. The number of nitrogens with one attached hydrogen (secondary N) is 1. The topological polar surface area (TPSA) is 91.3 Å². The first-order chi connectivity index (χ1) is 15.4. The Labute approximate surface area is 189 Å². The molecular formula is C23H22N4O4S. The fourth-order valence-corrected chi connectivity index (χ4v) is 5.15. The van der Waals surface area contributed by atoms with Gasteiger partial charge in [-0.15, -0.1) is 5.10 Å². The van der Waals surface area contributed by atoms with Gasteiger partial charge in [0.2, 0.25) is 16.7 Å². The van der Waals surface area contributed by atoms with Crippen molar-refractivity contribution < 1.29 is 19.1 Å². The number of nitrogens with zero attached hydrogens (tertiary/aromatic N) is 3. The summed E-state index contributed by atoms with van der Waals surface area (Å²) in [7, 11) is 0.